The molecule has 1 N–H and O–H groups in total. The van der Waals surface area contributed by atoms with E-state index in [-0.39, 0.29) is 17.9 Å². The van der Waals surface area contributed by atoms with Gasteiger partial charge in [-0.1, -0.05) is 13.0 Å². The van der Waals surface area contributed by atoms with Crippen molar-refractivity contribution in [2.24, 2.45) is 0 Å². The molecule has 2 amide bonds. The van der Waals surface area contributed by atoms with Crippen molar-refractivity contribution in [3.05, 3.63) is 12.7 Å². The Morgan fingerprint density at radius 2 is 2.25 bits per heavy atom. The zero-order valence-electron chi connectivity index (χ0n) is 9.87. The first-order valence-corrected chi connectivity index (χ1v) is 5.88. The van der Waals surface area contributed by atoms with Crippen molar-refractivity contribution in [3.8, 4) is 0 Å². The molecule has 0 unspecified atom stereocenters. The third-order valence-electron chi connectivity index (χ3n) is 2.85. The molecule has 0 aromatic carbocycles. The molecular formula is C12H20N2O2. The van der Waals surface area contributed by atoms with Crippen molar-refractivity contribution in [1.29, 1.82) is 0 Å². The molecule has 1 aliphatic heterocycles. The van der Waals surface area contributed by atoms with Gasteiger partial charge in [0.2, 0.25) is 11.8 Å². The summed E-state index contributed by atoms with van der Waals surface area (Å²) in [4.78, 5) is 25.2. The molecule has 1 aliphatic rings. The Kier molecular flexibility index (Phi) is 5.02. The minimum absolute atomic E-state index is 0.0543. The zero-order valence-corrected chi connectivity index (χ0v) is 9.87. The van der Waals surface area contributed by atoms with Gasteiger partial charge in [-0.25, -0.2) is 0 Å². The first kappa shape index (κ1) is 12.7. The van der Waals surface area contributed by atoms with Gasteiger partial charge in [0.05, 0.1) is 0 Å². The average molecular weight is 224 g/mol. The van der Waals surface area contributed by atoms with E-state index in [0.29, 0.717) is 19.5 Å². The van der Waals surface area contributed by atoms with E-state index >= 15 is 0 Å². The van der Waals surface area contributed by atoms with E-state index in [4.69, 9.17) is 0 Å². The third-order valence-corrected chi connectivity index (χ3v) is 2.85. The Morgan fingerprint density at radius 3 is 2.88 bits per heavy atom. The van der Waals surface area contributed by atoms with Gasteiger partial charge in [-0.3, -0.25) is 9.59 Å². The van der Waals surface area contributed by atoms with E-state index in [1.807, 2.05) is 6.92 Å². The Hall–Kier alpha value is -1.32. The Morgan fingerprint density at radius 1 is 1.50 bits per heavy atom. The molecule has 1 heterocycles. The summed E-state index contributed by atoms with van der Waals surface area (Å²) in [7, 11) is 0. The van der Waals surface area contributed by atoms with Gasteiger partial charge in [-0.05, 0) is 19.3 Å². The topological polar surface area (TPSA) is 49.4 Å². The van der Waals surface area contributed by atoms with E-state index < -0.39 is 0 Å². The van der Waals surface area contributed by atoms with Crippen molar-refractivity contribution < 1.29 is 9.59 Å². The molecule has 0 aromatic heterocycles. The fraction of sp³-hybridized carbons (Fsp3) is 0.667. The highest BCUT2D eigenvalue weighted by Crippen LogP contribution is 2.18. The number of carbonyl (C=O) groups excluding carboxylic acids is 2. The fourth-order valence-electron chi connectivity index (χ4n) is 2.00. The highest BCUT2D eigenvalue weighted by Gasteiger charge is 2.30. The second-order valence-corrected chi connectivity index (χ2v) is 3.99. The maximum absolute atomic E-state index is 11.8. The largest absolute Gasteiger partial charge is 0.351 e. The van der Waals surface area contributed by atoms with E-state index in [9.17, 15) is 9.59 Å². The molecule has 1 fully saturated rings. The number of rotatable bonds is 4. The lowest BCUT2D eigenvalue weighted by Gasteiger charge is -2.34. The Labute approximate surface area is 96.7 Å². The molecule has 1 atom stereocenters. The molecule has 4 nitrogen and oxygen atoms in total. The number of nitrogens with one attached hydrogen (secondary N) is 1. The molecule has 0 aliphatic carbocycles. The number of nitrogens with zero attached hydrogens (tertiary/aromatic N) is 1. The van der Waals surface area contributed by atoms with Crippen molar-refractivity contribution in [3.63, 3.8) is 0 Å². The van der Waals surface area contributed by atoms with E-state index in [1.165, 1.54) is 0 Å². The van der Waals surface area contributed by atoms with Crippen molar-refractivity contribution in [2.45, 2.75) is 38.6 Å². The van der Waals surface area contributed by atoms with Crippen molar-refractivity contribution in [2.75, 3.05) is 13.1 Å². The summed E-state index contributed by atoms with van der Waals surface area (Å²) in [5.41, 5.74) is 0. The van der Waals surface area contributed by atoms with Crippen LogP contribution in [0.1, 0.15) is 32.6 Å². The van der Waals surface area contributed by atoms with Crippen LogP contribution < -0.4 is 5.32 Å². The van der Waals surface area contributed by atoms with E-state index in [0.717, 1.165) is 19.3 Å². The van der Waals surface area contributed by atoms with Gasteiger partial charge >= 0.3 is 0 Å². The van der Waals surface area contributed by atoms with Crippen LogP contribution in [0.5, 0.6) is 0 Å². The summed E-state index contributed by atoms with van der Waals surface area (Å²) in [5, 5.41) is 2.76. The van der Waals surface area contributed by atoms with E-state index in [2.05, 4.69) is 11.9 Å². The van der Waals surface area contributed by atoms with Gasteiger partial charge in [0.15, 0.2) is 0 Å². The molecule has 1 saturated heterocycles. The van der Waals surface area contributed by atoms with Gasteiger partial charge in [-0.2, -0.15) is 0 Å². The summed E-state index contributed by atoms with van der Waals surface area (Å²) < 4.78 is 0. The van der Waals surface area contributed by atoms with Gasteiger partial charge < -0.3 is 10.2 Å². The molecule has 16 heavy (non-hydrogen) atoms. The predicted molar refractivity (Wildman–Crippen MR) is 62.8 cm³/mol. The van der Waals surface area contributed by atoms with Crippen LogP contribution in [0.25, 0.3) is 0 Å². The van der Waals surface area contributed by atoms with Crippen LogP contribution in [0.4, 0.5) is 0 Å². The monoisotopic (exact) mass is 224 g/mol. The molecule has 0 bridgehead atoms. The van der Waals surface area contributed by atoms with Crippen LogP contribution in [0.3, 0.4) is 0 Å². The molecule has 90 valence electrons. The summed E-state index contributed by atoms with van der Waals surface area (Å²) in [6.07, 6.45) is 4.89. The average Bonchev–Trinajstić information content (AvgIpc) is 2.35. The van der Waals surface area contributed by atoms with Crippen LogP contribution in [-0.2, 0) is 9.59 Å². The Bertz CT molecular complexity index is 276. The fourth-order valence-corrected chi connectivity index (χ4v) is 2.00. The second kappa shape index (κ2) is 6.30. The highest BCUT2D eigenvalue weighted by atomic mass is 16.2. The van der Waals surface area contributed by atoms with Crippen molar-refractivity contribution >= 4 is 11.8 Å². The van der Waals surface area contributed by atoms with Gasteiger partial charge in [0, 0.05) is 19.5 Å². The summed E-state index contributed by atoms with van der Waals surface area (Å²) in [5.74, 6) is 0.0138. The minimum atomic E-state index is -0.277. The first-order chi connectivity index (χ1) is 7.70. The maximum atomic E-state index is 11.8. The molecular weight excluding hydrogens is 204 g/mol. The Balaban J connectivity index is 2.62. The third kappa shape index (κ3) is 3.08. The summed E-state index contributed by atoms with van der Waals surface area (Å²) >= 11 is 0. The summed E-state index contributed by atoms with van der Waals surface area (Å²) in [6.45, 7) is 6.55. The highest BCUT2D eigenvalue weighted by molar-refractivity contribution is 5.87. The summed E-state index contributed by atoms with van der Waals surface area (Å²) in [6, 6.07) is -0.277. The quantitative estimate of drug-likeness (QED) is 0.726. The normalized spacial score (nSPS) is 20.3. The van der Waals surface area contributed by atoms with Crippen molar-refractivity contribution in [1.82, 2.24) is 10.2 Å². The van der Waals surface area contributed by atoms with Gasteiger partial charge in [0.1, 0.15) is 6.04 Å². The maximum Gasteiger partial charge on any atom is 0.243 e. The first-order valence-electron chi connectivity index (χ1n) is 5.88. The molecule has 1 rings (SSSR count). The number of amides is 2. The van der Waals surface area contributed by atoms with Crippen LogP contribution in [0.15, 0.2) is 12.7 Å². The molecule has 0 saturated carbocycles. The van der Waals surface area contributed by atoms with Gasteiger partial charge in [-0.15, -0.1) is 6.58 Å². The lowest BCUT2D eigenvalue weighted by atomic mass is 10.0. The number of carbonyl (C=O) groups is 2. The zero-order chi connectivity index (χ0) is 12.0. The number of hydrogen-bond donors (Lipinski definition) is 1. The number of piperidine rings is 1. The van der Waals surface area contributed by atoms with Crippen LogP contribution in [0, 0.1) is 0 Å². The van der Waals surface area contributed by atoms with Crippen LogP contribution >= 0.6 is 0 Å². The van der Waals surface area contributed by atoms with Crippen LogP contribution in [0.2, 0.25) is 0 Å². The van der Waals surface area contributed by atoms with Crippen LogP contribution in [-0.4, -0.2) is 35.8 Å². The molecule has 4 heteroatoms. The molecule has 0 aromatic rings. The molecule has 0 spiro atoms. The second-order valence-electron chi connectivity index (χ2n) is 3.99. The number of hydrogen-bond acceptors (Lipinski definition) is 2. The lowest BCUT2D eigenvalue weighted by molar-refractivity contribution is -0.141. The van der Waals surface area contributed by atoms with E-state index in [1.54, 1.807) is 11.0 Å². The number of likely N-dealkylation sites (tertiary alicyclic amines) is 1. The minimum Gasteiger partial charge on any atom is -0.351 e. The smallest absolute Gasteiger partial charge is 0.243 e. The van der Waals surface area contributed by atoms with Gasteiger partial charge in [0.25, 0.3) is 0 Å². The molecule has 0 radical (unpaired) electrons. The lowest BCUT2D eigenvalue weighted by Crippen LogP contribution is -2.51. The predicted octanol–water partition coefficient (Wildman–Crippen LogP) is 1.08. The SMILES string of the molecule is C=CCNC(=O)[C@H]1CCCCN1C(=O)CC. The standard InChI is InChI=1S/C12H20N2O2/c1-3-8-13-12(16)10-7-5-6-9-14(10)11(15)4-2/h3,10H,1,4-9H2,2H3,(H,13,16)/t10-/m1/s1.